The minimum absolute atomic E-state index is 0.0220. The van der Waals surface area contributed by atoms with Crippen LogP contribution in [0.3, 0.4) is 0 Å². The molecule has 2 aliphatic rings. The molecule has 25 heavy (non-hydrogen) atoms. The van der Waals surface area contributed by atoms with Crippen molar-refractivity contribution in [2.24, 2.45) is 0 Å². The van der Waals surface area contributed by atoms with Crippen LogP contribution in [0, 0.1) is 11.3 Å². The van der Waals surface area contributed by atoms with Crippen molar-refractivity contribution in [1.82, 2.24) is 4.90 Å². The van der Waals surface area contributed by atoms with Crippen molar-refractivity contribution in [2.75, 3.05) is 6.54 Å². The van der Waals surface area contributed by atoms with Crippen LogP contribution in [0.2, 0.25) is 0 Å². The van der Waals surface area contributed by atoms with Gasteiger partial charge < -0.3 is 19.5 Å². The Bertz CT molecular complexity index is 736. The molecule has 1 aromatic rings. The predicted octanol–water partition coefficient (Wildman–Crippen LogP) is 2.54. The number of benzene rings is 1. The van der Waals surface area contributed by atoms with Crippen LogP contribution in [0.4, 0.5) is 0 Å². The third-order valence-electron chi connectivity index (χ3n) is 4.74. The Balaban J connectivity index is 2.13. The lowest BCUT2D eigenvalue weighted by Gasteiger charge is -2.45. The lowest BCUT2D eigenvalue weighted by Crippen LogP contribution is -2.53. The second-order valence-corrected chi connectivity index (χ2v) is 7.45. The molecule has 134 valence electrons. The van der Waals surface area contributed by atoms with E-state index in [1.165, 1.54) is 0 Å². The highest BCUT2D eigenvalue weighted by Gasteiger charge is 2.47. The maximum absolute atomic E-state index is 12.3. The molecule has 0 aromatic heterocycles. The number of carbonyl (C=O) groups excluding carboxylic acids is 1. The van der Waals surface area contributed by atoms with Gasteiger partial charge in [0.1, 0.15) is 29.3 Å². The van der Waals surface area contributed by atoms with Crippen molar-refractivity contribution < 1.29 is 19.4 Å². The fourth-order valence-electron chi connectivity index (χ4n) is 3.53. The van der Waals surface area contributed by atoms with Crippen molar-refractivity contribution in [2.45, 2.75) is 64.4 Å². The fourth-order valence-corrected chi connectivity index (χ4v) is 3.53. The number of carbonyl (C=O) groups is 1. The normalized spacial score (nSPS) is 24.7. The Hall–Kier alpha value is -2.26. The zero-order valence-corrected chi connectivity index (χ0v) is 15.1. The fraction of sp³-hybridized carbons (Fsp3) is 0.579. The quantitative estimate of drug-likeness (QED) is 0.911. The van der Waals surface area contributed by atoms with Crippen LogP contribution in [0.5, 0.6) is 11.5 Å². The highest BCUT2D eigenvalue weighted by atomic mass is 16.5. The molecule has 0 bridgehead atoms. The molecule has 0 unspecified atom stereocenters. The molecule has 0 aliphatic carbocycles. The van der Waals surface area contributed by atoms with E-state index in [9.17, 15) is 15.2 Å². The largest absolute Gasteiger partial charge is 0.489 e. The Kier molecular flexibility index (Phi) is 4.38. The summed E-state index contributed by atoms with van der Waals surface area (Å²) in [7, 11) is 0. The van der Waals surface area contributed by atoms with Crippen molar-refractivity contribution in [1.29, 1.82) is 5.26 Å². The topological polar surface area (TPSA) is 82.8 Å². The Morgan fingerprint density at radius 1 is 1.44 bits per heavy atom. The highest BCUT2D eigenvalue weighted by Crippen LogP contribution is 2.46. The molecule has 1 saturated heterocycles. The Labute approximate surface area is 147 Å². The van der Waals surface area contributed by atoms with Crippen molar-refractivity contribution in [3.63, 3.8) is 0 Å². The second-order valence-electron chi connectivity index (χ2n) is 7.45. The van der Waals surface area contributed by atoms with Crippen LogP contribution in [-0.2, 0) is 4.79 Å². The first-order valence-corrected chi connectivity index (χ1v) is 8.66. The monoisotopic (exact) mass is 344 g/mol. The minimum Gasteiger partial charge on any atom is -0.489 e. The lowest BCUT2D eigenvalue weighted by atomic mass is 9.85. The molecule has 2 atom stereocenters. The van der Waals surface area contributed by atoms with Crippen LogP contribution in [0.25, 0.3) is 0 Å². The van der Waals surface area contributed by atoms with E-state index in [-0.39, 0.29) is 12.0 Å². The van der Waals surface area contributed by atoms with Crippen LogP contribution >= 0.6 is 0 Å². The van der Waals surface area contributed by atoms with Gasteiger partial charge in [0.2, 0.25) is 5.91 Å². The van der Waals surface area contributed by atoms with E-state index in [2.05, 4.69) is 6.07 Å². The number of hydrogen-bond acceptors (Lipinski definition) is 5. The zero-order valence-electron chi connectivity index (χ0n) is 15.1. The standard InChI is InChI=1S/C19H24N2O4/c1-11(2)24-14-9-15-13(8-12(14)10-20)17(18(23)19(3,4)25-15)21-7-5-6-16(21)22/h8-9,11,17-18,23H,5-7H2,1-4H3/t17-,18+/m0/s1. The van der Waals surface area contributed by atoms with E-state index in [1.807, 2.05) is 13.8 Å². The maximum atomic E-state index is 12.3. The van der Waals surface area contributed by atoms with E-state index in [4.69, 9.17) is 9.47 Å². The molecule has 1 aromatic carbocycles. The first kappa shape index (κ1) is 17.6. The van der Waals surface area contributed by atoms with E-state index in [1.54, 1.807) is 30.9 Å². The summed E-state index contributed by atoms with van der Waals surface area (Å²) in [6, 6.07) is 5.01. The van der Waals surface area contributed by atoms with Crippen LogP contribution < -0.4 is 9.47 Å². The van der Waals surface area contributed by atoms with Crippen molar-refractivity contribution in [3.8, 4) is 17.6 Å². The lowest BCUT2D eigenvalue weighted by molar-refractivity contribution is -0.139. The molecule has 1 N–H and O–H groups in total. The van der Waals surface area contributed by atoms with Crippen LogP contribution in [0.15, 0.2) is 12.1 Å². The average Bonchev–Trinajstić information content (AvgIpc) is 2.93. The number of amides is 1. The molecule has 3 rings (SSSR count). The van der Waals surface area contributed by atoms with Gasteiger partial charge in [-0.1, -0.05) is 0 Å². The van der Waals surface area contributed by atoms with Crippen LogP contribution in [-0.4, -0.2) is 40.3 Å². The third kappa shape index (κ3) is 3.05. The Morgan fingerprint density at radius 2 is 2.16 bits per heavy atom. The molecule has 6 heteroatoms. The number of nitriles is 1. The number of ether oxygens (including phenoxy) is 2. The highest BCUT2D eigenvalue weighted by molar-refractivity contribution is 5.79. The summed E-state index contributed by atoms with van der Waals surface area (Å²) in [4.78, 5) is 14.0. The average molecular weight is 344 g/mol. The number of rotatable bonds is 3. The zero-order chi connectivity index (χ0) is 18.4. The summed E-state index contributed by atoms with van der Waals surface area (Å²) >= 11 is 0. The molecule has 6 nitrogen and oxygen atoms in total. The van der Waals surface area contributed by atoms with Gasteiger partial charge in [0.25, 0.3) is 0 Å². The van der Waals surface area contributed by atoms with E-state index >= 15 is 0 Å². The van der Waals surface area contributed by atoms with E-state index < -0.39 is 17.7 Å². The molecule has 1 fully saturated rings. The van der Waals surface area contributed by atoms with Crippen molar-refractivity contribution in [3.05, 3.63) is 23.3 Å². The van der Waals surface area contributed by atoms with Gasteiger partial charge in [-0.05, 0) is 40.2 Å². The molecule has 1 amide bonds. The first-order valence-electron chi connectivity index (χ1n) is 8.66. The van der Waals surface area contributed by atoms with Gasteiger partial charge >= 0.3 is 0 Å². The molecule has 0 radical (unpaired) electrons. The van der Waals surface area contributed by atoms with Gasteiger partial charge in [0, 0.05) is 24.6 Å². The van der Waals surface area contributed by atoms with E-state index in [0.29, 0.717) is 35.6 Å². The number of aliphatic hydroxyl groups is 1. The van der Waals surface area contributed by atoms with Crippen LogP contribution in [0.1, 0.15) is 57.7 Å². The van der Waals surface area contributed by atoms with E-state index in [0.717, 1.165) is 6.42 Å². The summed E-state index contributed by atoms with van der Waals surface area (Å²) in [5, 5.41) is 20.4. The number of likely N-dealkylation sites (tertiary alicyclic amines) is 1. The predicted molar refractivity (Wildman–Crippen MR) is 91.3 cm³/mol. The molecule has 0 saturated carbocycles. The van der Waals surface area contributed by atoms with Gasteiger partial charge in [-0.3, -0.25) is 4.79 Å². The van der Waals surface area contributed by atoms with Gasteiger partial charge in [-0.15, -0.1) is 0 Å². The number of fused-ring (bicyclic) bond motifs is 1. The van der Waals surface area contributed by atoms with Gasteiger partial charge in [0.15, 0.2) is 0 Å². The molecule has 0 spiro atoms. The SMILES string of the molecule is CC(C)Oc1cc2c(cc1C#N)[C@H](N1CCCC1=O)[C@@H](O)C(C)(C)O2. The summed E-state index contributed by atoms with van der Waals surface area (Å²) in [5.74, 6) is 1.03. The molecular formula is C19H24N2O4. The number of aliphatic hydroxyl groups excluding tert-OH is 1. The number of nitrogens with zero attached hydrogens (tertiary/aromatic N) is 2. The second kappa shape index (κ2) is 6.23. The molecular weight excluding hydrogens is 320 g/mol. The van der Waals surface area contributed by atoms with Gasteiger partial charge in [0.05, 0.1) is 17.7 Å². The van der Waals surface area contributed by atoms with Gasteiger partial charge in [-0.2, -0.15) is 5.26 Å². The summed E-state index contributed by atoms with van der Waals surface area (Å²) in [6.45, 7) is 7.98. The Morgan fingerprint density at radius 3 is 2.72 bits per heavy atom. The maximum Gasteiger partial charge on any atom is 0.223 e. The molecule has 2 aliphatic heterocycles. The number of hydrogen-bond donors (Lipinski definition) is 1. The first-order chi connectivity index (χ1) is 11.7. The summed E-state index contributed by atoms with van der Waals surface area (Å²) in [5.41, 5.74) is 0.179. The van der Waals surface area contributed by atoms with Gasteiger partial charge in [-0.25, -0.2) is 0 Å². The molecule has 2 heterocycles. The smallest absolute Gasteiger partial charge is 0.223 e. The third-order valence-corrected chi connectivity index (χ3v) is 4.74. The summed E-state index contributed by atoms with van der Waals surface area (Å²) < 4.78 is 11.7. The summed E-state index contributed by atoms with van der Waals surface area (Å²) in [6.07, 6.45) is 0.298. The van der Waals surface area contributed by atoms with Crippen molar-refractivity contribution >= 4 is 5.91 Å². The minimum atomic E-state index is -0.884.